The van der Waals surface area contributed by atoms with E-state index in [2.05, 4.69) is 31.5 Å². The second-order valence-electron chi connectivity index (χ2n) is 4.06. The molecule has 0 saturated heterocycles. The Balaban J connectivity index is 1.81. The summed E-state index contributed by atoms with van der Waals surface area (Å²) in [5, 5.41) is 6.32. The van der Waals surface area contributed by atoms with Crippen molar-refractivity contribution in [1.29, 1.82) is 0 Å². The highest BCUT2D eigenvalue weighted by atomic mass is 79.9. The van der Waals surface area contributed by atoms with E-state index in [0.717, 1.165) is 10.9 Å². The minimum Gasteiger partial charge on any atom is -0.434 e. The lowest BCUT2D eigenvalue weighted by molar-refractivity contribution is 0.261. The Morgan fingerprint density at radius 1 is 1.10 bits per heavy atom. The second kappa shape index (κ2) is 5.34. The first-order valence-corrected chi connectivity index (χ1v) is 6.69. The zero-order valence-corrected chi connectivity index (χ0v) is 11.8. The lowest BCUT2D eigenvalue weighted by Gasteiger charge is -2.07. The van der Waals surface area contributed by atoms with Gasteiger partial charge in [-0.05, 0) is 34.1 Å². The summed E-state index contributed by atoms with van der Waals surface area (Å²) in [4.78, 5) is 16.2. The standard InChI is InChI=1S/C14H10BrN3O2/c15-11-6-7-12(20-11)18-14(19)17-10-5-1-3-9-4-2-8-16-13(9)10/h1-8H,(H2,17,18,19). The Morgan fingerprint density at radius 3 is 2.75 bits per heavy atom. The number of amides is 2. The van der Waals surface area contributed by atoms with Gasteiger partial charge in [0.05, 0.1) is 11.2 Å². The van der Waals surface area contributed by atoms with E-state index in [1.807, 2.05) is 24.3 Å². The second-order valence-corrected chi connectivity index (χ2v) is 4.85. The fourth-order valence-corrected chi connectivity index (χ4v) is 2.16. The van der Waals surface area contributed by atoms with Crippen molar-refractivity contribution in [2.75, 3.05) is 10.6 Å². The van der Waals surface area contributed by atoms with Crippen molar-refractivity contribution in [3.8, 4) is 0 Å². The van der Waals surface area contributed by atoms with E-state index in [0.29, 0.717) is 16.2 Å². The normalized spacial score (nSPS) is 10.4. The molecule has 6 heteroatoms. The molecule has 0 radical (unpaired) electrons. The van der Waals surface area contributed by atoms with E-state index >= 15 is 0 Å². The Kier molecular flexibility index (Phi) is 3.39. The molecule has 0 unspecified atom stereocenters. The van der Waals surface area contributed by atoms with E-state index in [-0.39, 0.29) is 6.03 Å². The van der Waals surface area contributed by atoms with Gasteiger partial charge in [-0.3, -0.25) is 10.3 Å². The van der Waals surface area contributed by atoms with Gasteiger partial charge in [-0.2, -0.15) is 0 Å². The van der Waals surface area contributed by atoms with Crippen molar-refractivity contribution < 1.29 is 9.21 Å². The molecule has 3 aromatic rings. The van der Waals surface area contributed by atoms with Crippen molar-refractivity contribution in [2.45, 2.75) is 0 Å². The van der Waals surface area contributed by atoms with Crippen molar-refractivity contribution in [3.63, 3.8) is 0 Å². The first-order valence-electron chi connectivity index (χ1n) is 5.89. The zero-order chi connectivity index (χ0) is 13.9. The van der Waals surface area contributed by atoms with Crippen molar-refractivity contribution in [3.05, 3.63) is 53.3 Å². The van der Waals surface area contributed by atoms with Crippen molar-refractivity contribution >= 4 is 44.4 Å². The minimum atomic E-state index is -0.384. The fourth-order valence-electron chi connectivity index (χ4n) is 1.85. The molecule has 1 aromatic carbocycles. The van der Waals surface area contributed by atoms with Crippen LogP contribution in [0.3, 0.4) is 0 Å². The number of fused-ring (bicyclic) bond motifs is 1. The average Bonchev–Trinajstić information content (AvgIpc) is 2.84. The van der Waals surface area contributed by atoms with Gasteiger partial charge >= 0.3 is 6.03 Å². The summed E-state index contributed by atoms with van der Waals surface area (Å²) in [6.45, 7) is 0. The molecule has 20 heavy (non-hydrogen) atoms. The zero-order valence-electron chi connectivity index (χ0n) is 10.3. The Labute approximate surface area is 123 Å². The molecule has 0 bridgehead atoms. The molecule has 0 spiro atoms. The first kappa shape index (κ1) is 12.7. The number of benzene rings is 1. The van der Waals surface area contributed by atoms with Gasteiger partial charge in [-0.1, -0.05) is 18.2 Å². The molecule has 0 saturated carbocycles. The molecule has 5 nitrogen and oxygen atoms in total. The monoisotopic (exact) mass is 331 g/mol. The minimum absolute atomic E-state index is 0.363. The molecule has 100 valence electrons. The third kappa shape index (κ3) is 2.65. The van der Waals surface area contributed by atoms with Gasteiger partial charge in [-0.25, -0.2) is 4.79 Å². The van der Waals surface area contributed by atoms with Crippen LogP contribution in [-0.2, 0) is 0 Å². The lowest BCUT2D eigenvalue weighted by Crippen LogP contribution is -2.19. The van der Waals surface area contributed by atoms with Gasteiger partial charge < -0.3 is 9.73 Å². The highest BCUT2D eigenvalue weighted by molar-refractivity contribution is 9.10. The maximum Gasteiger partial charge on any atom is 0.326 e. The third-order valence-corrected chi connectivity index (χ3v) is 3.12. The molecular weight excluding hydrogens is 322 g/mol. The number of hydrogen-bond acceptors (Lipinski definition) is 3. The highest BCUT2D eigenvalue weighted by Gasteiger charge is 2.08. The summed E-state index contributed by atoms with van der Waals surface area (Å²) in [6, 6.07) is 12.4. The predicted molar refractivity (Wildman–Crippen MR) is 80.8 cm³/mol. The number of nitrogens with one attached hydrogen (secondary N) is 2. The number of carbonyl (C=O) groups is 1. The molecule has 0 atom stereocenters. The molecule has 0 fully saturated rings. The van der Waals surface area contributed by atoms with Gasteiger partial charge in [0.2, 0.25) is 5.88 Å². The van der Waals surface area contributed by atoms with Crippen LogP contribution in [0.25, 0.3) is 10.9 Å². The topological polar surface area (TPSA) is 67.2 Å². The molecule has 3 rings (SSSR count). The predicted octanol–water partition coefficient (Wildman–Crippen LogP) is 4.23. The number of furan rings is 1. The number of anilines is 2. The van der Waals surface area contributed by atoms with Gasteiger partial charge in [0.15, 0.2) is 4.67 Å². The Hall–Kier alpha value is -2.34. The molecule has 0 aliphatic heterocycles. The number of hydrogen-bond donors (Lipinski definition) is 2. The fraction of sp³-hybridized carbons (Fsp3) is 0. The maximum atomic E-state index is 11.9. The molecular formula is C14H10BrN3O2. The van der Waals surface area contributed by atoms with Crippen LogP contribution in [0.5, 0.6) is 0 Å². The van der Waals surface area contributed by atoms with Crippen LogP contribution in [0.15, 0.2) is 57.7 Å². The van der Waals surface area contributed by atoms with Crippen LogP contribution in [0.2, 0.25) is 0 Å². The van der Waals surface area contributed by atoms with Crippen LogP contribution in [0, 0.1) is 0 Å². The third-order valence-electron chi connectivity index (χ3n) is 2.69. The molecule has 0 aliphatic rings. The van der Waals surface area contributed by atoms with Gasteiger partial charge in [-0.15, -0.1) is 0 Å². The summed E-state index contributed by atoms with van der Waals surface area (Å²) < 4.78 is 5.76. The average molecular weight is 332 g/mol. The summed E-state index contributed by atoms with van der Waals surface area (Å²) in [7, 11) is 0. The van der Waals surface area contributed by atoms with Gasteiger partial charge in [0.1, 0.15) is 0 Å². The number of carbonyl (C=O) groups excluding carboxylic acids is 1. The smallest absolute Gasteiger partial charge is 0.326 e. The molecule has 2 amide bonds. The van der Waals surface area contributed by atoms with Crippen LogP contribution in [0.4, 0.5) is 16.4 Å². The SMILES string of the molecule is O=C(Nc1ccc(Br)o1)Nc1cccc2cccnc12. The van der Waals surface area contributed by atoms with Crippen molar-refractivity contribution in [2.24, 2.45) is 0 Å². The summed E-state index contributed by atoms with van der Waals surface area (Å²) in [5.41, 5.74) is 1.39. The number of pyridine rings is 1. The van der Waals surface area contributed by atoms with Gasteiger partial charge in [0.25, 0.3) is 0 Å². The molecule has 2 N–H and O–H groups in total. The lowest BCUT2D eigenvalue weighted by atomic mass is 10.2. The number of halogens is 1. The molecule has 2 heterocycles. The van der Waals surface area contributed by atoms with E-state index < -0.39 is 0 Å². The van der Waals surface area contributed by atoms with Crippen LogP contribution >= 0.6 is 15.9 Å². The largest absolute Gasteiger partial charge is 0.434 e. The van der Waals surface area contributed by atoms with Crippen LogP contribution in [-0.4, -0.2) is 11.0 Å². The van der Waals surface area contributed by atoms with E-state index in [4.69, 9.17) is 4.42 Å². The molecule has 0 aliphatic carbocycles. The summed E-state index contributed by atoms with van der Waals surface area (Å²) in [5.74, 6) is 0.363. The van der Waals surface area contributed by atoms with E-state index in [1.54, 1.807) is 24.4 Å². The quantitative estimate of drug-likeness (QED) is 0.738. The number of para-hydroxylation sites is 1. The summed E-state index contributed by atoms with van der Waals surface area (Å²) >= 11 is 3.17. The number of nitrogens with zero attached hydrogens (tertiary/aromatic N) is 1. The maximum absolute atomic E-state index is 11.9. The van der Waals surface area contributed by atoms with Crippen LogP contribution < -0.4 is 10.6 Å². The van der Waals surface area contributed by atoms with Crippen LogP contribution in [0.1, 0.15) is 0 Å². The van der Waals surface area contributed by atoms with Gasteiger partial charge in [0, 0.05) is 17.6 Å². The Morgan fingerprint density at radius 2 is 1.95 bits per heavy atom. The number of aromatic nitrogens is 1. The summed E-state index contributed by atoms with van der Waals surface area (Å²) in [6.07, 6.45) is 1.69. The van der Waals surface area contributed by atoms with E-state index in [9.17, 15) is 4.79 Å². The van der Waals surface area contributed by atoms with E-state index in [1.165, 1.54) is 0 Å². The number of rotatable bonds is 2. The van der Waals surface area contributed by atoms with Crippen molar-refractivity contribution in [1.82, 2.24) is 4.98 Å². The highest BCUT2D eigenvalue weighted by Crippen LogP contribution is 2.22. The molecule has 2 aromatic heterocycles. The number of urea groups is 1. The Bertz CT molecular complexity index is 764. The first-order chi connectivity index (χ1) is 9.72.